The lowest BCUT2D eigenvalue weighted by atomic mass is 10.2. The molecule has 0 saturated carbocycles. The number of hydrogen-bond acceptors (Lipinski definition) is 2. The minimum Gasteiger partial charge on any atom is -0.146 e. The van der Waals surface area contributed by atoms with Crippen molar-refractivity contribution >= 4 is 8.03 Å². The van der Waals surface area contributed by atoms with Crippen molar-refractivity contribution in [3.8, 4) is 0 Å². The van der Waals surface area contributed by atoms with Gasteiger partial charge in [-0.2, -0.15) is 0 Å². The van der Waals surface area contributed by atoms with Gasteiger partial charge < -0.3 is 0 Å². The minimum atomic E-state index is -1.43. The lowest BCUT2D eigenvalue weighted by Gasteiger charge is -1.95. The summed E-state index contributed by atoms with van der Waals surface area (Å²) >= 11 is 0. The fraction of sp³-hybridized carbons (Fsp3) is 0.500. The van der Waals surface area contributed by atoms with Crippen molar-refractivity contribution in [3.63, 3.8) is 0 Å². The van der Waals surface area contributed by atoms with Crippen LogP contribution in [0, 0.1) is 0 Å². The molecule has 0 heterocycles. The molecule has 0 bridgehead atoms. The maximum atomic E-state index is 11.3. The van der Waals surface area contributed by atoms with Crippen LogP contribution in [0.1, 0.15) is 25.3 Å². The molecule has 1 unspecified atom stereocenters. The minimum absolute atomic E-state index is 0.558. The highest BCUT2D eigenvalue weighted by Crippen LogP contribution is 2.23. The van der Waals surface area contributed by atoms with Gasteiger partial charge in [0.15, 0.2) is 6.16 Å². The summed E-state index contributed by atoms with van der Waals surface area (Å²) in [4.78, 5) is 0. The molecule has 0 N–H and O–H groups in total. The molecule has 1 rings (SSSR count). The molecule has 82 valence electrons. The zero-order valence-electron chi connectivity index (χ0n) is 9.19. The lowest BCUT2D eigenvalue weighted by molar-refractivity contribution is 0.332. The van der Waals surface area contributed by atoms with Crippen LogP contribution < -0.4 is 0 Å². The van der Waals surface area contributed by atoms with Crippen molar-refractivity contribution in [2.45, 2.75) is 26.2 Å². The second-order valence-corrected chi connectivity index (χ2v) is 4.85. The Balaban J connectivity index is 2.14. The Hall–Kier alpha value is -0.720. The number of benzene rings is 1. The Morgan fingerprint density at radius 3 is 2.67 bits per heavy atom. The summed E-state index contributed by atoms with van der Waals surface area (Å²) in [6.07, 6.45) is 3.60. The molecule has 0 aromatic heterocycles. The fourth-order valence-corrected chi connectivity index (χ4v) is 2.26. The van der Waals surface area contributed by atoms with Gasteiger partial charge in [0.25, 0.3) is 0 Å². The molecular formula is C12H18O2P+. The standard InChI is InChI=1S/C12H18O2P/c1-2-3-11-15(13)14-10-9-12-7-5-4-6-8-12/h4-8H,2-3,9-11H2,1H3/q+1. The predicted octanol–water partition coefficient (Wildman–Crippen LogP) is 3.79. The first-order valence-electron chi connectivity index (χ1n) is 5.44. The summed E-state index contributed by atoms with van der Waals surface area (Å²) in [6.45, 7) is 2.65. The van der Waals surface area contributed by atoms with Gasteiger partial charge in [-0.15, -0.1) is 4.52 Å². The Kier molecular flexibility index (Phi) is 6.22. The van der Waals surface area contributed by atoms with Crippen molar-refractivity contribution in [2.24, 2.45) is 0 Å². The van der Waals surface area contributed by atoms with Crippen LogP contribution >= 0.6 is 8.03 Å². The van der Waals surface area contributed by atoms with E-state index in [9.17, 15) is 4.57 Å². The Morgan fingerprint density at radius 2 is 2.00 bits per heavy atom. The van der Waals surface area contributed by atoms with E-state index in [4.69, 9.17) is 4.52 Å². The van der Waals surface area contributed by atoms with Gasteiger partial charge in [0.05, 0.1) is 0 Å². The van der Waals surface area contributed by atoms with Gasteiger partial charge in [-0.05, 0) is 16.5 Å². The molecule has 3 heteroatoms. The maximum Gasteiger partial charge on any atom is 0.508 e. The van der Waals surface area contributed by atoms with Gasteiger partial charge in [-0.1, -0.05) is 43.7 Å². The van der Waals surface area contributed by atoms with E-state index in [-0.39, 0.29) is 0 Å². The van der Waals surface area contributed by atoms with Crippen molar-refractivity contribution in [1.29, 1.82) is 0 Å². The Morgan fingerprint density at radius 1 is 1.27 bits per heavy atom. The summed E-state index contributed by atoms with van der Waals surface area (Å²) in [7, 11) is -1.43. The lowest BCUT2D eigenvalue weighted by Crippen LogP contribution is -1.93. The third-order valence-electron chi connectivity index (χ3n) is 2.16. The van der Waals surface area contributed by atoms with E-state index in [1.54, 1.807) is 0 Å². The molecule has 0 aliphatic heterocycles. The molecule has 0 spiro atoms. The highest BCUT2D eigenvalue weighted by Gasteiger charge is 2.15. The van der Waals surface area contributed by atoms with Crippen LogP contribution in [0.4, 0.5) is 0 Å². The van der Waals surface area contributed by atoms with Crippen molar-refractivity contribution in [1.82, 2.24) is 0 Å². The molecular weight excluding hydrogens is 207 g/mol. The number of unbranched alkanes of at least 4 members (excludes halogenated alkanes) is 1. The van der Waals surface area contributed by atoms with Crippen LogP contribution in [0.3, 0.4) is 0 Å². The molecule has 0 radical (unpaired) electrons. The maximum absolute atomic E-state index is 11.3. The fourth-order valence-electron chi connectivity index (χ4n) is 1.26. The van der Waals surface area contributed by atoms with E-state index in [2.05, 4.69) is 19.1 Å². The SMILES string of the molecule is CCCC[P+](=O)OCCc1ccccc1. The smallest absolute Gasteiger partial charge is 0.146 e. The second kappa shape index (κ2) is 7.56. The average molecular weight is 225 g/mol. The van der Waals surface area contributed by atoms with Crippen molar-refractivity contribution in [2.75, 3.05) is 12.8 Å². The summed E-state index contributed by atoms with van der Waals surface area (Å²) in [5.41, 5.74) is 1.23. The number of hydrogen-bond donors (Lipinski definition) is 0. The van der Waals surface area contributed by atoms with Gasteiger partial charge >= 0.3 is 8.03 Å². The molecule has 15 heavy (non-hydrogen) atoms. The quantitative estimate of drug-likeness (QED) is 0.660. The van der Waals surface area contributed by atoms with Gasteiger partial charge in [0.1, 0.15) is 6.61 Å². The normalized spacial score (nSPS) is 11.4. The highest BCUT2D eigenvalue weighted by atomic mass is 31.1. The molecule has 1 aromatic rings. The molecule has 0 fully saturated rings. The van der Waals surface area contributed by atoms with Crippen LogP contribution in [0.2, 0.25) is 0 Å². The first-order chi connectivity index (χ1) is 7.33. The molecule has 2 nitrogen and oxygen atoms in total. The van der Waals surface area contributed by atoms with E-state index in [0.29, 0.717) is 12.8 Å². The topological polar surface area (TPSA) is 26.3 Å². The first-order valence-corrected chi connectivity index (χ1v) is 6.80. The van der Waals surface area contributed by atoms with Gasteiger partial charge in [0.2, 0.25) is 0 Å². The zero-order valence-corrected chi connectivity index (χ0v) is 10.1. The monoisotopic (exact) mass is 225 g/mol. The van der Waals surface area contributed by atoms with Crippen LogP contribution in [0.5, 0.6) is 0 Å². The Labute approximate surface area is 92.5 Å². The van der Waals surface area contributed by atoms with E-state index in [0.717, 1.165) is 19.3 Å². The molecule has 0 saturated heterocycles. The van der Waals surface area contributed by atoms with E-state index in [1.165, 1.54) is 5.56 Å². The van der Waals surface area contributed by atoms with Crippen molar-refractivity contribution < 1.29 is 9.09 Å². The molecule has 0 aliphatic rings. The molecule has 0 aliphatic carbocycles. The van der Waals surface area contributed by atoms with Crippen LogP contribution in [-0.4, -0.2) is 12.8 Å². The van der Waals surface area contributed by atoms with Crippen LogP contribution in [0.15, 0.2) is 30.3 Å². The van der Waals surface area contributed by atoms with E-state index < -0.39 is 8.03 Å². The summed E-state index contributed by atoms with van der Waals surface area (Å²) in [5.74, 6) is 0. The molecule has 1 atom stereocenters. The zero-order chi connectivity index (χ0) is 10.9. The predicted molar refractivity (Wildman–Crippen MR) is 63.5 cm³/mol. The average Bonchev–Trinajstić information content (AvgIpc) is 2.28. The Bertz CT molecular complexity index is 285. The van der Waals surface area contributed by atoms with Crippen LogP contribution in [-0.2, 0) is 15.5 Å². The highest BCUT2D eigenvalue weighted by molar-refractivity contribution is 7.39. The van der Waals surface area contributed by atoms with Crippen LogP contribution in [0.25, 0.3) is 0 Å². The summed E-state index contributed by atoms with van der Waals surface area (Å²) < 4.78 is 16.6. The largest absolute Gasteiger partial charge is 0.508 e. The third kappa shape index (κ3) is 5.66. The van der Waals surface area contributed by atoms with Crippen molar-refractivity contribution in [3.05, 3.63) is 35.9 Å². The summed E-state index contributed by atoms with van der Waals surface area (Å²) in [5, 5.41) is 0. The van der Waals surface area contributed by atoms with Gasteiger partial charge in [-0.25, -0.2) is 0 Å². The van der Waals surface area contributed by atoms with Gasteiger partial charge in [-0.3, -0.25) is 0 Å². The van der Waals surface area contributed by atoms with Gasteiger partial charge in [0, 0.05) is 6.42 Å². The number of rotatable bonds is 7. The molecule has 0 amide bonds. The second-order valence-electron chi connectivity index (χ2n) is 3.48. The first kappa shape index (κ1) is 12.4. The molecule has 1 aromatic carbocycles. The van der Waals surface area contributed by atoms with E-state index >= 15 is 0 Å². The third-order valence-corrected chi connectivity index (χ3v) is 3.32. The summed E-state index contributed by atoms with van der Waals surface area (Å²) in [6, 6.07) is 10.1. The van der Waals surface area contributed by atoms with E-state index in [1.807, 2.05) is 18.2 Å².